The van der Waals surface area contributed by atoms with Gasteiger partial charge in [0.05, 0.1) is 46.8 Å². The average molecular weight is 482 g/mol. The van der Waals surface area contributed by atoms with Gasteiger partial charge in [-0.05, 0) is 43.7 Å². The van der Waals surface area contributed by atoms with Gasteiger partial charge in [0.25, 0.3) is 11.8 Å². The maximum absolute atomic E-state index is 14.0. The number of methoxy groups -OCH3 is 1. The third-order valence-electron chi connectivity index (χ3n) is 5.46. The van der Waals surface area contributed by atoms with Crippen molar-refractivity contribution in [3.63, 3.8) is 0 Å². The van der Waals surface area contributed by atoms with Crippen LogP contribution < -0.4 is 15.8 Å². The number of amides is 2. The van der Waals surface area contributed by atoms with Gasteiger partial charge in [-0.3, -0.25) is 14.3 Å². The van der Waals surface area contributed by atoms with Crippen molar-refractivity contribution >= 4 is 40.0 Å². The molecule has 2 aromatic heterocycles. The number of ether oxygens (including phenoxy) is 1. The summed E-state index contributed by atoms with van der Waals surface area (Å²) < 4.78 is 20.9. The average Bonchev–Trinajstić information content (AvgIpc) is 3.06. The summed E-state index contributed by atoms with van der Waals surface area (Å²) in [7, 11) is 1.60. The van der Waals surface area contributed by atoms with Gasteiger partial charge in [0.1, 0.15) is 17.3 Å². The number of benzene rings is 2. The number of primary amides is 1. The largest absolute Gasteiger partial charge is 0.497 e. The molecule has 10 heteroatoms. The molecule has 2 amide bonds. The van der Waals surface area contributed by atoms with E-state index in [-0.39, 0.29) is 27.2 Å². The van der Waals surface area contributed by atoms with Gasteiger partial charge < -0.3 is 15.8 Å². The number of nitrogens with two attached hydrogens (primary N) is 1. The molecule has 4 rings (SSSR count). The van der Waals surface area contributed by atoms with Crippen molar-refractivity contribution in [3.05, 3.63) is 81.5 Å². The van der Waals surface area contributed by atoms with E-state index in [0.29, 0.717) is 17.9 Å². The van der Waals surface area contributed by atoms with Crippen molar-refractivity contribution < 1.29 is 18.7 Å². The number of hydrogen-bond acceptors (Lipinski definition) is 5. The van der Waals surface area contributed by atoms with Gasteiger partial charge in [-0.1, -0.05) is 23.7 Å². The molecule has 34 heavy (non-hydrogen) atoms. The Kier molecular flexibility index (Phi) is 6.21. The van der Waals surface area contributed by atoms with Crippen LogP contribution in [0.3, 0.4) is 0 Å². The monoisotopic (exact) mass is 481 g/mol. The van der Waals surface area contributed by atoms with E-state index in [9.17, 15) is 14.0 Å². The second-order valence-electron chi connectivity index (χ2n) is 7.71. The minimum absolute atomic E-state index is 0.0856. The van der Waals surface area contributed by atoms with Crippen molar-refractivity contribution in [1.82, 2.24) is 14.8 Å². The molecule has 0 aliphatic carbocycles. The predicted molar refractivity (Wildman–Crippen MR) is 127 cm³/mol. The highest BCUT2D eigenvalue weighted by molar-refractivity contribution is 6.31. The highest BCUT2D eigenvalue weighted by Crippen LogP contribution is 2.27. The van der Waals surface area contributed by atoms with Crippen LogP contribution in [0.25, 0.3) is 10.9 Å². The van der Waals surface area contributed by atoms with Crippen molar-refractivity contribution in [2.75, 3.05) is 12.4 Å². The number of pyridine rings is 1. The van der Waals surface area contributed by atoms with Gasteiger partial charge in [0.15, 0.2) is 0 Å². The number of nitrogens with zero attached hydrogens (tertiary/aromatic N) is 3. The van der Waals surface area contributed by atoms with Crippen LogP contribution in [0.15, 0.2) is 42.5 Å². The summed E-state index contributed by atoms with van der Waals surface area (Å²) >= 11 is 5.93. The van der Waals surface area contributed by atoms with Crippen LogP contribution in [-0.4, -0.2) is 33.7 Å². The summed E-state index contributed by atoms with van der Waals surface area (Å²) in [5.74, 6) is -1.34. The van der Waals surface area contributed by atoms with Gasteiger partial charge in [-0.25, -0.2) is 9.37 Å². The first-order valence-corrected chi connectivity index (χ1v) is 10.6. The molecular weight excluding hydrogens is 461 g/mol. The fourth-order valence-electron chi connectivity index (χ4n) is 3.65. The topological polar surface area (TPSA) is 112 Å². The number of carbonyl (C=O) groups excluding carboxylic acids is 2. The molecule has 2 heterocycles. The summed E-state index contributed by atoms with van der Waals surface area (Å²) in [6.45, 7) is 4.11. The molecule has 3 N–H and O–H groups in total. The molecule has 0 bridgehead atoms. The molecule has 174 valence electrons. The van der Waals surface area contributed by atoms with Crippen molar-refractivity contribution in [1.29, 1.82) is 0 Å². The molecule has 0 unspecified atom stereocenters. The molecule has 0 atom stereocenters. The lowest BCUT2D eigenvalue weighted by Gasteiger charge is -2.11. The quantitative estimate of drug-likeness (QED) is 0.427. The zero-order valence-electron chi connectivity index (χ0n) is 18.6. The van der Waals surface area contributed by atoms with E-state index >= 15 is 0 Å². The summed E-state index contributed by atoms with van der Waals surface area (Å²) in [6.07, 6.45) is 0. The Hall–Kier alpha value is -3.98. The first-order chi connectivity index (χ1) is 16.2. The standard InChI is InChI=1S/C24H21ClFN5O3/c1-12-22(13(2)31(30-12)11-14-4-6-15(34-3)7-5-14)29-24(33)17-9-21(23(27)32)28-20-10-19(26)18(25)8-16(17)20/h4-10H,11H2,1-3H3,(H2,27,32)(H,29,33). The number of halogens is 2. The molecule has 0 aliphatic heterocycles. The molecule has 0 saturated heterocycles. The lowest BCUT2D eigenvalue weighted by molar-refractivity contribution is 0.0996. The van der Waals surface area contributed by atoms with Crippen molar-refractivity contribution in [2.24, 2.45) is 5.73 Å². The Bertz CT molecular complexity index is 1430. The summed E-state index contributed by atoms with van der Waals surface area (Å²) in [4.78, 5) is 29.1. The second kappa shape index (κ2) is 9.11. The molecule has 8 nitrogen and oxygen atoms in total. The van der Waals surface area contributed by atoms with E-state index < -0.39 is 17.6 Å². The van der Waals surface area contributed by atoms with E-state index in [1.165, 1.54) is 12.1 Å². The highest BCUT2D eigenvalue weighted by Gasteiger charge is 2.20. The Labute approximate surface area is 199 Å². The first kappa shape index (κ1) is 23.2. The van der Waals surface area contributed by atoms with E-state index in [4.69, 9.17) is 22.1 Å². The Balaban J connectivity index is 1.69. The Morgan fingerprint density at radius 2 is 1.88 bits per heavy atom. The SMILES string of the molecule is COc1ccc(Cn2nc(C)c(NC(=O)c3cc(C(N)=O)nc4cc(F)c(Cl)cc34)c2C)cc1. The van der Waals surface area contributed by atoms with Crippen LogP contribution in [0.4, 0.5) is 10.1 Å². The van der Waals surface area contributed by atoms with Crippen LogP contribution in [-0.2, 0) is 6.54 Å². The van der Waals surface area contributed by atoms with Gasteiger partial charge >= 0.3 is 0 Å². The zero-order valence-corrected chi connectivity index (χ0v) is 19.4. The minimum Gasteiger partial charge on any atom is -0.497 e. The van der Waals surface area contributed by atoms with Crippen LogP contribution in [0.2, 0.25) is 5.02 Å². The van der Waals surface area contributed by atoms with Gasteiger partial charge in [0.2, 0.25) is 0 Å². The Morgan fingerprint density at radius 3 is 2.53 bits per heavy atom. The van der Waals surface area contributed by atoms with E-state index in [1.807, 2.05) is 31.2 Å². The Morgan fingerprint density at radius 1 is 1.18 bits per heavy atom. The van der Waals surface area contributed by atoms with Crippen molar-refractivity contribution in [2.45, 2.75) is 20.4 Å². The normalized spacial score (nSPS) is 11.0. The maximum atomic E-state index is 14.0. The molecule has 0 aliphatic rings. The number of carbonyl (C=O) groups is 2. The molecule has 0 fully saturated rings. The molecule has 0 radical (unpaired) electrons. The van der Waals surface area contributed by atoms with Crippen LogP contribution >= 0.6 is 11.6 Å². The lowest BCUT2D eigenvalue weighted by Crippen LogP contribution is -2.18. The maximum Gasteiger partial charge on any atom is 0.267 e. The summed E-state index contributed by atoms with van der Waals surface area (Å²) in [6, 6.07) is 11.2. The highest BCUT2D eigenvalue weighted by atomic mass is 35.5. The van der Waals surface area contributed by atoms with Crippen LogP contribution in [0.5, 0.6) is 5.75 Å². The number of nitrogens with one attached hydrogen (secondary N) is 1. The van der Waals surface area contributed by atoms with Crippen LogP contribution in [0.1, 0.15) is 37.8 Å². The summed E-state index contributed by atoms with van der Waals surface area (Å²) in [5.41, 5.74) is 8.25. The third kappa shape index (κ3) is 4.42. The molecule has 0 saturated carbocycles. The molecule has 0 spiro atoms. The number of rotatable bonds is 6. The van der Waals surface area contributed by atoms with Crippen molar-refractivity contribution in [3.8, 4) is 5.75 Å². The van der Waals surface area contributed by atoms with Crippen LogP contribution in [0, 0.1) is 19.7 Å². The number of anilines is 1. The molecule has 2 aromatic carbocycles. The number of aromatic nitrogens is 3. The number of hydrogen-bond donors (Lipinski definition) is 2. The fraction of sp³-hybridized carbons (Fsp3) is 0.167. The smallest absolute Gasteiger partial charge is 0.267 e. The van der Waals surface area contributed by atoms with Gasteiger partial charge in [0, 0.05) is 11.5 Å². The van der Waals surface area contributed by atoms with E-state index in [1.54, 1.807) is 18.7 Å². The molecular formula is C24H21ClFN5O3. The van der Waals surface area contributed by atoms with E-state index in [0.717, 1.165) is 23.1 Å². The predicted octanol–water partition coefficient (Wildman–Crippen LogP) is 4.25. The zero-order chi connectivity index (χ0) is 24.6. The van der Waals surface area contributed by atoms with Gasteiger partial charge in [-0.15, -0.1) is 0 Å². The summed E-state index contributed by atoms with van der Waals surface area (Å²) in [5, 5.41) is 7.51. The lowest BCUT2D eigenvalue weighted by atomic mass is 10.1. The fourth-order valence-corrected chi connectivity index (χ4v) is 3.82. The number of aryl methyl sites for hydroxylation is 1. The number of fused-ring (bicyclic) bond motifs is 1. The van der Waals surface area contributed by atoms with Gasteiger partial charge in [-0.2, -0.15) is 5.10 Å². The first-order valence-electron chi connectivity index (χ1n) is 10.3. The third-order valence-corrected chi connectivity index (χ3v) is 5.75. The molecule has 4 aromatic rings. The van der Waals surface area contributed by atoms with E-state index in [2.05, 4.69) is 15.4 Å². The second-order valence-corrected chi connectivity index (χ2v) is 8.12. The minimum atomic E-state index is -0.842.